The molecule has 20 heavy (non-hydrogen) atoms. The first-order chi connectivity index (χ1) is 9.66. The predicted molar refractivity (Wildman–Crippen MR) is 81.1 cm³/mol. The number of nitrogens with zero attached hydrogens (tertiary/aromatic N) is 2. The second-order valence-electron chi connectivity index (χ2n) is 5.18. The highest BCUT2D eigenvalue weighted by Crippen LogP contribution is 2.32. The van der Waals surface area contributed by atoms with Gasteiger partial charge in [0.05, 0.1) is 6.10 Å². The van der Waals surface area contributed by atoms with E-state index in [1.807, 2.05) is 48.7 Å². The fourth-order valence-corrected chi connectivity index (χ4v) is 2.30. The van der Waals surface area contributed by atoms with Gasteiger partial charge in [0.1, 0.15) is 11.3 Å². The van der Waals surface area contributed by atoms with E-state index in [0.29, 0.717) is 0 Å². The number of benzene rings is 1. The van der Waals surface area contributed by atoms with Gasteiger partial charge in [0.25, 0.3) is 0 Å². The molecule has 0 radical (unpaired) electrons. The maximum Gasteiger partial charge on any atom is 0.226 e. The number of aromatic nitrogens is 2. The van der Waals surface area contributed by atoms with Gasteiger partial charge in [0.15, 0.2) is 0 Å². The maximum absolute atomic E-state index is 6.01. The minimum Gasteiger partial charge on any atom is -0.474 e. The molecular weight excluding hydrogens is 248 g/mol. The Balaban J connectivity index is 2.27. The van der Waals surface area contributed by atoms with E-state index in [-0.39, 0.29) is 6.10 Å². The Kier molecular flexibility index (Phi) is 3.18. The lowest BCUT2D eigenvalue weighted by atomic mass is 10.2. The SMILES string of the molecule is Cc1cccn2c(OC(C)C)c(-c3ccccc3)nc12. The number of rotatable bonds is 3. The first-order valence-corrected chi connectivity index (χ1v) is 6.86. The molecule has 0 N–H and O–H groups in total. The highest BCUT2D eigenvalue weighted by atomic mass is 16.5. The minimum absolute atomic E-state index is 0.109. The summed E-state index contributed by atoms with van der Waals surface area (Å²) in [4.78, 5) is 4.77. The summed E-state index contributed by atoms with van der Waals surface area (Å²) in [5.74, 6) is 0.810. The van der Waals surface area contributed by atoms with Crippen LogP contribution in [0.3, 0.4) is 0 Å². The van der Waals surface area contributed by atoms with Gasteiger partial charge in [-0.25, -0.2) is 4.98 Å². The lowest BCUT2D eigenvalue weighted by Gasteiger charge is -2.11. The van der Waals surface area contributed by atoms with Crippen LogP contribution < -0.4 is 4.74 Å². The molecule has 0 aliphatic heterocycles. The van der Waals surface area contributed by atoms with E-state index >= 15 is 0 Å². The summed E-state index contributed by atoms with van der Waals surface area (Å²) >= 11 is 0. The summed E-state index contributed by atoms with van der Waals surface area (Å²) in [7, 11) is 0. The predicted octanol–water partition coefficient (Wildman–Crippen LogP) is 4.10. The highest BCUT2D eigenvalue weighted by Gasteiger charge is 2.17. The normalized spacial score (nSPS) is 11.2. The average molecular weight is 266 g/mol. The first kappa shape index (κ1) is 12.7. The molecule has 2 heterocycles. The molecule has 0 saturated carbocycles. The van der Waals surface area contributed by atoms with Crippen molar-refractivity contribution in [1.29, 1.82) is 0 Å². The zero-order valence-corrected chi connectivity index (χ0v) is 12.0. The quantitative estimate of drug-likeness (QED) is 0.713. The lowest BCUT2D eigenvalue weighted by Crippen LogP contribution is -2.08. The monoisotopic (exact) mass is 266 g/mol. The number of imidazole rings is 1. The van der Waals surface area contributed by atoms with E-state index in [9.17, 15) is 0 Å². The molecule has 3 rings (SSSR count). The van der Waals surface area contributed by atoms with Gasteiger partial charge in [-0.05, 0) is 32.4 Å². The van der Waals surface area contributed by atoms with E-state index in [1.165, 1.54) is 0 Å². The third-order valence-electron chi connectivity index (χ3n) is 3.20. The fraction of sp³-hybridized carbons (Fsp3) is 0.235. The molecule has 0 unspecified atom stereocenters. The summed E-state index contributed by atoms with van der Waals surface area (Å²) < 4.78 is 8.03. The van der Waals surface area contributed by atoms with Crippen LogP contribution in [0.25, 0.3) is 16.9 Å². The van der Waals surface area contributed by atoms with Gasteiger partial charge in [0.2, 0.25) is 5.88 Å². The summed E-state index contributed by atoms with van der Waals surface area (Å²) in [5.41, 5.74) is 4.06. The molecule has 0 fully saturated rings. The summed E-state index contributed by atoms with van der Waals surface area (Å²) in [6.45, 7) is 6.13. The van der Waals surface area contributed by atoms with Gasteiger partial charge in [-0.15, -0.1) is 0 Å². The molecular formula is C17H18N2O. The van der Waals surface area contributed by atoms with Crippen LogP contribution >= 0.6 is 0 Å². The zero-order valence-electron chi connectivity index (χ0n) is 12.0. The van der Waals surface area contributed by atoms with Crippen molar-refractivity contribution >= 4 is 5.65 Å². The van der Waals surface area contributed by atoms with Gasteiger partial charge in [-0.3, -0.25) is 4.40 Å². The van der Waals surface area contributed by atoms with Crippen LogP contribution in [0.2, 0.25) is 0 Å². The number of aryl methyl sites for hydroxylation is 1. The van der Waals surface area contributed by atoms with Crippen molar-refractivity contribution in [2.45, 2.75) is 26.9 Å². The van der Waals surface area contributed by atoms with Gasteiger partial charge in [-0.1, -0.05) is 36.4 Å². The van der Waals surface area contributed by atoms with Crippen molar-refractivity contribution in [3.05, 3.63) is 54.2 Å². The summed E-state index contributed by atoms with van der Waals surface area (Å²) in [6, 6.07) is 14.3. The number of ether oxygens (including phenoxy) is 1. The molecule has 102 valence electrons. The van der Waals surface area contributed by atoms with Crippen molar-refractivity contribution in [2.24, 2.45) is 0 Å². The topological polar surface area (TPSA) is 26.5 Å². The molecule has 0 atom stereocenters. The van der Waals surface area contributed by atoms with E-state index in [1.54, 1.807) is 0 Å². The van der Waals surface area contributed by atoms with Crippen molar-refractivity contribution in [1.82, 2.24) is 9.38 Å². The Morgan fingerprint density at radius 1 is 1.05 bits per heavy atom. The lowest BCUT2D eigenvalue weighted by molar-refractivity contribution is 0.232. The standard InChI is InChI=1S/C17H18N2O/c1-12(2)20-17-15(14-9-5-4-6-10-14)18-16-13(3)8-7-11-19(16)17/h4-12H,1-3H3. The first-order valence-electron chi connectivity index (χ1n) is 6.86. The molecule has 1 aromatic carbocycles. The number of pyridine rings is 1. The molecule has 0 saturated heterocycles. The van der Waals surface area contributed by atoms with Crippen LogP contribution in [0.1, 0.15) is 19.4 Å². The van der Waals surface area contributed by atoms with E-state index in [4.69, 9.17) is 9.72 Å². The third-order valence-corrected chi connectivity index (χ3v) is 3.20. The number of hydrogen-bond donors (Lipinski definition) is 0. The highest BCUT2D eigenvalue weighted by molar-refractivity contribution is 5.70. The number of hydrogen-bond acceptors (Lipinski definition) is 2. The van der Waals surface area contributed by atoms with Gasteiger partial charge in [0, 0.05) is 11.8 Å². The van der Waals surface area contributed by atoms with Gasteiger partial charge in [-0.2, -0.15) is 0 Å². The molecule has 2 aromatic heterocycles. The van der Waals surface area contributed by atoms with Crippen molar-refractivity contribution in [2.75, 3.05) is 0 Å². The zero-order chi connectivity index (χ0) is 14.1. The molecule has 0 aliphatic carbocycles. The maximum atomic E-state index is 6.01. The second kappa shape index (κ2) is 5.00. The Morgan fingerprint density at radius 2 is 1.80 bits per heavy atom. The third kappa shape index (κ3) is 2.16. The molecule has 3 heteroatoms. The van der Waals surface area contributed by atoms with Crippen LogP contribution in [0.5, 0.6) is 5.88 Å². The van der Waals surface area contributed by atoms with Crippen LogP contribution in [-0.2, 0) is 0 Å². The molecule has 0 aliphatic rings. The van der Waals surface area contributed by atoms with Crippen molar-refractivity contribution in [3.8, 4) is 17.1 Å². The van der Waals surface area contributed by atoms with Crippen LogP contribution in [0.15, 0.2) is 48.7 Å². The average Bonchev–Trinajstić information content (AvgIpc) is 2.80. The van der Waals surface area contributed by atoms with Gasteiger partial charge < -0.3 is 4.74 Å². The molecule has 0 bridgehead atoms. The Bertz CT molecular complexity index is 729. The molecule has 0 spiro atoms. The summed E-state index contributed by atoms with van der Waals surface area (Å²) in [6.07, 6.45) is 2.11. The molecule has 3 nitrogen and oxygen atoms in total. The van der Waals surface area contributed by atoms with E-state index < -0.39 is 0 Å². The van der Waals surface area contributed by atoms with Crippen LogP contribution in [0.4, 0.5) is 0 Å². The Hall–Kier alpha value is -2.29. The molecule has 0 amide bonds. The smallest absolute Gasteiger partial charge is 0.226 e. The van der Waals surface area contributed by atoms with Crippen LogP contribution in [0, 0.1) is 6.92 Å². The minimum atomic E-state index is 0.109. The fourth-order valence-electron chi connectivity index (χ4n) is 2.30. The summed E-state index contributed by atoms with van der Waals surface area (Å²) in [5, 5.41) is 0. The van der Waals surface area contributed by atoms with Crippen molar-refractivity contribution < 1.29 is 4.74 Å². The van der Waals surface area contributed by atoms with E-state index in [2.05, 4.69) is 25.1 Å². The Labute approximate surface area is 118 Å². The van der Waals surface area contributed by atoms with E-state index in [0.717, 1.165) is 28.3 Å². The number of fused-ring (bicyclic) bond motifs is 1. The van der Waals surface area contributed by atoms with Crippen LogP contribution in [-0.4, -0.2) is 15.5 Å². The molecule has 3 aromatic rings. The van der Waals surface area contributed by atoms with Gasteiger partial charge >= 0.3 is 0 Å². The second-order valence-corrected chi connectivity index (χ2v) is 5.18. The van der Waals surface area contributed by atoms with Crippen molar-refractivity contribution in [3.63, 3.8) is 0 Å². The largest absolute Gasteiger partial charge is 0.474 e. The Morgan fingerprint density at radius 3 is 2.50 bits per heavy atom.